The summed E-state index contributed by atoms with van der Waals surface area (Å²) in [5, 5.41) is 0. The zero-order chi connectivity index (χ0) is 15.6. The molecule has 0 spiro atoms. The maximum atomic E-state index is 12.5. The fourth-order valence-corrected chi connectivity index (χ4v) is 2.70. The van der Waals surface area contributed by atoms with E-state index in [1.54, 1.807) is 18.2 Å². The number of nitrogen functional groups attached to an aromatic ring is 1. The zero-order valence-electron chi connectivity index (χ0n) is 11.5. The minimum absolute atomic E-state index is 0.0304. The molecule has 0 aliphatic heterocycles. The third kappa shape index (κ3) is 3.58. The first kappa shape index (κ1) is 15.9. The average Bonchev–Trinajstić information content (AvgIpc) is 2.41. The number of hydrogen-bond donors (Lipinski definition) is 1. The lowest BCUT2D eigenvalue weighted by Crippen LogP contribution is -2.08. The minimum Gasteiger partial charge on any atom is -0.434 e. The summed E-state index contributed by atoms with van der Waals surface area (Å²) >= 11 is 2.08. The predicted octanol–water partition coefficient (Wildman–Crippen LogP) is 4.06. The van der Waals surface area contributed by atoms with E-state index in [0.717, 1.165) is 9.26 Å². The number of hydrogen-bond acceptors (Lipinski definition) is 4. The standard InChI is InChI=1S/C14H14F2IN3O/c1-7(2)11-10(17)12(18)20-13(19-11)8-5-3-4-6-9(8)21-14(15)16/h3-7,14H,1-2H3,(H2,18,19,20). The Bertz CT molecular complexity index is 650. The van der Waals surface area contributed by atoms with Crippen LogP contribution in [0.4, 0.5) is 14.6 Å². The molecule has 0 unspecified atom stereocenters. The number of aromatic nitrogens is 2. The molecule has 0 aliphatic carbocycles. The lowest BCUT2D eigenvalue weighted by atomic mass is 10.1. The normalized spacial score (nSPS) is 11.2. The van der Waals surface area contributed by atoms with Crippen molar-refractivity contribution in [3.63, 3.8) is 0 Å². The van der Waals surface area contributed by atoms with Crippen LogP contribution in [0.5, 0.6) is 5.75 Å². The minimum atomic E-state index is -2.91. The molecule has 0 saturated heterocycles. The topological polar surface area (TPSA) is 61.0 Å². The number of halogens is 3. The molecule has 0 atom stereocenters. The van der Waals surface area contributed by atoms with Crippen LogP contribution in [0.2, 0.25) is 0 Å². The highest BCUT2D eigenvalue weighted by Gasteiger charge is 2.17. The van der Waals surface area contributed by atoms with E-state index in [1.807, 2.05) is 13.8 Å². The Morgan fingerprint density at radius 1 is 1.19 bits per heavy atom. The third-order valence-electron chi connectivity index (χ3n) is 2.79. The molecule has 1 aromatic heterocycles. The van der Waals surface area contributed by atoms with Gasteiger partial charge in [0.25, 0.3) is 0 Å². The van der Waals surface area contributed by atoms with Crippen molar-refractivity contribution >= 4 is 28.4 Å². The summed E-state index contributed by atoms with van der Waals surface area (Å²) in [6.45, 7) is 1.06. The van der Waals surface area contributed by atoms with Crippen LogP contribution in [0.1, 0.15) is 25.5 Å². The summed E-state index contributed by atoms with van der Waals surface area (Å²) in [6, 6.07) is 6.40. The van der Waals surface area contributed by atoms with Gasteiger partial charge in [-0.25, -0.2) is 9.97 Å². The Morgan fingerprint density at radius 3 is 2.48 bits per heavy atom. The van der Waals surface area contributed by atoms with Crippen molar-refractivity contribution in [3.8, 4) is 17.1 Å². The van der Waals surface area contributed by atoms with Gasteiger partial charge in [-0.3, -0.25) is 0 Å². The monoisotopic (exact) mass is 405 g/mol. The first-order valence-corrected chi connectivity index (χ1v) is 7.35. The molecule has 1 heterocycles. The molecule has 4 nitrogen and oxygen atoms in total. The van der Waals surface area contributed by atoms with Gasteiger partial charge in [-0.05, 0) is 40.6 Å². The summed E-state index contributed by atoms with van der Waals surface area (Å²) in [7, 11) is 0. The molecule has 0 aliphatic rings. The number of benzene rings is 1. The summed E-state index contributed by atoms with van der Waals surface area (Å²) in [5.74, 6) is 0.788. The fourth-order valence-electron chi connectivity index (χ4n) is 1.84. The van der Waals surface area contributed by atoms with Gasteiger partial charge >= 0.3 is 6.61 Å². The Balaban J connectivity index is 2.57. The summed E-state index contributed by atoms with van der Waals surface area (Å²) in [4.78, 5) is 8.64. The van der Waals surface area contributed by atoms with E-state index in [1.165, 1.54) is 6.07 Å². The summed E-state index contributed by atoms with van der Waals surface area (Å²) in [5.41, 5.74) is 7.07. The molecule has 0 bridgehead atoms. The second kappa shape index (κ2) is 6.50. The second-order valence-corrected chi connectivity index (χ2v) is 5.74. The van der Waals surface area contributed by atoms with Crippen LogP contribution in [0.25, 0.3) is 11.4 Å². The molecular weight excluding hydrogens is 391 g/mol. The van der Waals surface area contributed by atoms with Crippen LogP contribution >= 0.6 is 22.6 Å². The quantitative estimate of drug-likeness (QED) is 0.780. The maximum absolute atomic E-state index is 12.5. The van der Waals surface area contributed by atoms with Crippen molar-refractivity contribution in [2.75, 3.05) is 5.73 Å². The van der Waals surface area contributed by atoms with Gasteiger partial charge in [0, 0.05) is 0 Å². The molecular formula is C14H14F2IN3O. The smallest absolute Gasteiger partial charge is 0.387 e. The predicted molar refractivity (Wildman–Crippen MR) is 85.3 cm³/mol. The molecule has 21 heavy (non-hydrogen) atoms. The van der Waals surface area contributed by atoms with Gasteiger partial charge < -0.3 is 10.5 Å². The Labute approximate surface area is 134 Å². The van der Waals surface area contributed by atoms with Crippen LogP contribution in [-0.4, -0.2) is 16.6 Å². The Hall–Kier alpha value is -1.51. The van der Waals surface area contributed by atoms with E-state index in [0.29, 0.717) is 11.4 Å². The van der Waals surface area contributed by atoms with Crippen molar-refractivity contribution in [2.45, 2.75) is 26.4 Å². The molecule has 0 fully saturated rings. The number of para-hydroxylation sites is 1. The van der Waals surface area contributed by atoms with Gasteiger partial charge in [-0.2, -0.15) is 8.78 Å². The van der Waals surface area contributed by atoms with Crippen molar-refractivity contribution in [3.05, 3.63) is 33.5 Å². The number of rotatable bonds is 4. The van der Waals surface area contributed by atoms with Gasteiger partial charge in [0.15, 0.2) is 5.82 Å². The van der Waals surface area contributed by atoms with Gasteiger partial charge in [-0.15, -0.1) is 0 Å². The van der Waals surface area contributed by atoms with Crippen LogP contribution in [0.15, 0.2) is 24.3 Å². The van der Waals surface area contributed by atoms with Gasteiger partial charge in [0.05, 0.1) is 14.8 Å². The Morgan fingerprint density at radius 2 is 1.86 bits per heavy atom. The maximum Gasteiger partial charge on any atom is 0.387 e. The van der Waals surface area contributed by atoms with Crippen molar-refractivity contribution in [1.29, 1.82) is 0 Å². The molecule has 2 rings (SSSR count). The highest BCUT2D eigenvalue weighted by Crippen LogP contribution is 2.32. The molecule has 0 radical (unpaired) electrons. The number of nitrogens with two attached hydrogens (primary N) is 1. The van der Waals surface area contributed by atoms with Crippen LogP contribution in [0.3, 0.4) is 0 Å². The van der Waals surface area contributed by atoms with E-state index in [-0.39, 0.29) is 17.5 Å². The number of ether oxygens (including phenoxy) is 1. The highest BCUT2D eigenvalue weighted by molar-refractivity contribution is 14.1. The van der Waals surface area contributed by atoms with E-state index in [4.69, 9.17) is 5.73 Å². The van der Waals surface area contributed by atoms with Crippen LogP contribution in [-0.2, 0) is 0 Å². The van der Waals surface area contributed by atoms with Crippen molar-refractivity contribution < 1.29 is 13.5 Å². The number of anilines is 1. The lowest BCUT2D eigenvalue weighted by molar-refractivity contribution is -0.0494. The third-order valence-corrected chi connectivity index (χ3v) is 3.90. The zero-order valence-corrected chi connectivity index (χ0v) is 13.6. The molecule has 1 aromatic carbocycles. The molecule has 112 valence electrons. The largest absolute Gasteiger partial charge is 0.434 e. The molecule has 2 N–H and O–H groups in total. The average molecular weight is 405 g/mol. The molecule has 0 saturated carbocycles. The first-order valence-electron chi connectivity index (χ1n) is 6.27. The number of alkyl halides is 2. The van der Waals surface area contributed by atoms with Gasteiger partial charge in [-0.1, -0.05) is 26.0 Å². The summed E-state index contributed by atoms with van der Waals surface area (Å²) in [6.07, 6.45) is 0. The molecule has 0 amide bonds. The SMILES string of the molecule is CC(C)c1nc(-c2ccccc2OC(F)F)nc(N)c1I. The van der Waals surface area contributed by atoms with Gasteiger partial charge in [0.2, 0.25) is 0 Å². The lowest BCUT2D eigenvalue weighted by Gasteiger charge is -2.14. The van der Waals surface area contributed by atoms with E-state index in [9.17, 15) is 8.78 Å². The number of nitrogens with zero attached hydrogens (tertiary/aromatic N) is 2. The first-order chi connectivity index (χ1) is 9.90. The van der Waals surface area contributed by atoms with Gasteiger partial charge in [0.1, 0.15) is 11.6 Å². The Kier molecular flexibility index (Phi) is 4.92. The van der Waals surface area contributed by atoms with Crippen molar-refractivity contribution in [2.24, 2.45) is 0 Å². The summed E-state index contributed by atoms with van der Waals surface area (Å²) < 4.78 is 30.2. The van der Waals surface area contributed by atoms with E-state index >= 15 is 0 Å². The fraction of sp³-hybridized carbons (Fsp3) is 0.286. The van der Waals surface area contributed by atoms with Crippen LogP contribution < -0.4 is 10.5 Å². The van der Waals surface area contributed by atoms with E-state index < -0.39 is 6.61 Å². The van der Waals surface area contributed by atoms with E-state index in [2.05, 4.69) is 37.3 Å². The molecule has 7 heteroatoms. The van der Waals surface area contributed by atoms with Crippen molar-refractivity contribution in [1.82, 2.24) is 9.97 Å². The van der Waals surface area contributed by atoms with Crippen LogP contribution in [0, 0.1) is 3.57 Å². The molecule has 2 aromatic rings. The highest BCUT2D eigenvalue weighted by atomic mass is 127. The second-order valence-electron chi connectivity index (χ2n) is 4.66.